The molecule has 21 heavy (non-hydrogen) atoms. The molecule has 1 heterocycles. The van der Waals surface area contributed by atoms with Crippen LogP contribution in [0, 0.1) is 11.6 Å². The second-order valence-corrected chi connectivity index (χ2v) is 4.42. The molecule has 6 heteroatoms. The first-order valence-corrected chi connectivity index (χ1v) is 6.37. The lowest BCUT2D eigenvalue weighted by atomic mass is 10.1. The van der Waals surface area contributed by atoms with Gasteiger partial charge in [0, 0.05) is 12.6 Å². The molecule has 0 atom stereocenters. The van der Waals surface area contributed by atoms with E-state index in [9.17, 15) is 8.78 Å². The number of hydrogen-bond donors (Lipinski definition) is 1. The van der Waals surface area contributed by atoms with Crippen LogP contribution in [0.1, 0.15) is 0 Å². The van der Waals surface area contributed by atoms with Gasteiger partial charge in [-0.05, 0) is 24.3 Å². The number of hydrogen-bond acceptors (Lipinski definition) is 4. The molecule has 0 spiro atoms. The van der Waals surface area contributed by atoms with Crippen molar-refractivity contribution in [3.8, 4) is 17.0 Å². The van der Waals surface area contributed by atoms with Crippen LogP contribution in [-0.4, -0.2) is 18.3 Å². The minimum atomic E-state index is -0.686. The fourth-order valence-corrected chi connectivity index (χ4v) is 2.09. The van der Waals surface area contributed by atoms with Crippen molar-refractivity contribution in [2.75, 3.05) is 13.2 Å². The van der Waals surface area contributed by atoms with Gasteiger partial charge in [-0.1, -0.05) is 11.2 Å². The molecule has 0 unspecified atom stereocenters. The third-order valence-corrected chi connectivity index (χ3v) is 3.03. The summed E-state index contributed by atoms with van der Waals surface area (Å²) in [7, 11) is 0. The molecule has 0 radical (unpaired) electrons. The average Bonchev–Trinajstić information content (AvgIpc) is 2.88. The second-order valence-electron chi connectivity index (χ2n) is 4.42. The Kier molecular flexibility index (Phi) is 3.53. The van der Waals surface area contributed by atoms with Crippen molar-refractivity contribution in [3.63, 3.8) is 0 Å². The van der Waals surface area contributed by atoms with E-state index >= 15 is 0 Å². The molecule has 2 aromatic carbocycles. The maximum absolute atomic E-state index is 13.8. The number of ether oxygens (including phenoxy) is 1. The zero-order valence-electron chi connectivity index (χ0n) is 11.0. The molecule has 108 valence electrons. The Morgan fingerprint density at radius 3 is 2.62 bits per heavy atom. The summed E-state index contributed by atoms with van der Waals surface area (Å²) in [6.07, 6.45) is 0. The van der Waals surface area contributed by atoms with E-state index in [-0.39, 0.29) is 11.3 Å². The third kappa shape index (κ3) is 2.45. The van der Waals surface area contributed by atoms with E-state index in [1.54, 1.807) is 18.2 Å². The lowest BCUT2D eigenvalue weighted by Crippen LogP contribution is -2.10. The molecular formula is C15H12F2N2O2. The van der Waals surface area contributed by atoms with Gasteiger partial charge in [0.15, 0.2) is 5.58 Å². The molecule has 0 aliphatic rings. The van der Waals surface area contributed by atoms with Crippen LogP contribution >= 0.6 is 0 Å². The molecule has 3 aromatic rings. The average molecular weight is 290 g/mol. The van der Waals surface area contributed by atoms with Crippen molar-refractivity contribution in [1.29, 1.82) is 0 Å². The minimum Gasteiger partial charge on any atom is -0.492 e. The van der Waals surface area contributed by atoms with Gasteiger partial charge in [-0.3, -0.25) is 0 Å². The summed E-state index contributed by atoms with van der Waals surface area (Å²) in [5, 5.41) is 4.29. The van der Waals surface area contributed by atoms with E-state index in [4.69, 9.17) is 15.0 Å². The van der Waals surface area contributed by atoms with Crippen molar-refractivity contribution < 1.29 is 18.0 Å². The normalized spacial score (nSPS) is 11.0. The Hall–Kier alpha value is -2.47. The smallest absolute Gasteiger partial charge is 0.171 e. The van der Waals surface area contributed by atoms with E-state index in [2.05, 4.69) is 5.16 Å². The van der Waals surface area contributed by atoms with E-state index in [0.717, 1.165) is 0 Å². The van der Waals surface area contributed by atoms with E-state index < -0.39 is 11.6 Å². The summed E-state index contributed by atoms with van der Waals surface area (Å²) in [5.41, 5.74) is 5.68. The SMILES string of the molecule is NCCOc1ccc2c(-c3c(F)cccc3F)noc2c1. The predicted molar refractivity (Wildman–Crippen MR) is 73.9 cm³/mol. The van der Waals surface area contributed by atoms with Crippen molar-refractivity contribution >= 4 is 11.0 Å². The van der Waals surface area contributed by atoms with Gasteiger partial charge in [-0.25, -0.2) is 8.78 Å². The highest BCUT2D eigenvalue weighted by atomic mass is 19.1. The van der Waals surface area contributed by atoms with Crippen molar-refractivity contribution in [2.45, 2.75) is 0 Å². The van der Waals surface area contributed by atoms with Crippen molar-refractivity contribution in [1.82, 2.24) is 5.16 Å². The first kappa shape index (κ1) is 13.5. The van der Waals surface area contributed by atoms with Crippen LogP contribution in [0.4, 0.5) is 8.78 Å². The monoisotopic (exact) mass is 290 g/mol. The van der Waals surface area contributed by atoms with Crippen LogP contribution < -0.4 is 10.5 Å². The summed E-state index contributed by atoms with van der Waals surface area (Å²) in [4.78, 5) is 0. The molecule has 0 amide bonds. The van der Waals surface area contributed by atoms with Gasteiger partial charge in [0.1, 0.15) is 29.7 Å². The molecule has 3 rings (SSSR count). The van der Waals surface area contributed by atoms with Gasteiger partial charge in [0.2, 0.25) is 0 Å². The number of halogens is 2. The molecule has 0 saturated heterocycles. The topological polar surface area (TPSA) is 61.3 Å². The summed E-state index contributed by atoms with van der Waals surface area (Å²) in [5.74, 6) is -0.813. The number of benzene rings is 2. The van der Waals surface area contributed by atoms with Gasteiger partial charge >= 0.3 is 0 Å². The Labute approximate surface area is 119 Å². The van der Waals surface area contributed by atoms with Crippen LogP contribution in [-0.2, 0) is 0 Å². The molecule has 4 nitrogen and oxygen atoms in total. The molecule has 0 saturated carbocycles. The van der Waals surface area contributed by atoms with Crippen molar-refractivity contribution in [3.05, 3.63) is 48.0 Å². The molecule has 0 bridgehead atoms. The molecule has 2 N–H and O–H groups in total. The summed E-state index contributed by atoms with van der Waals surface area (Å²) in [6.45, 7) is 0.759. The molecular weight excluding hydrogens is 278 g/mol. The van der Waals surface area contributed by atoms with Crippen LogP contribution in [0.3, 0.4) is 0 Å². The second kappa shape index (κ2) is 5.49. The summed E-state index contributed by atoms with van der Waals surface area (Å²) >= 11 is 0. The maximum Gasteiger partial charge on any atom is 0.171 e. The van der Waals surface area contributed by atoms with E-state index in [0.29, 0.717) is 29.9 Å². The minimum absolute atomic E-state index is 0.131. The lowest BCUT2D eigenvalue weighted by molar-refractivity contribution is 0.328. The fourth-order valence-electron chi connectivity index (χ4n) is 2.09. The molecule has 0 fully saturated rings. The molecule has 1 aromatic heterocycles. The van der Waals surface area contributed by atoms with E-state index in [1.807, 2.05) is 0 Å². The van der Waals surface area contributed by atoms with Gasteiger partial charge in [0.05, 0.1) is 10.9 Å². The molecule has 0 aliphatic heterocycles. The number of nitrogens with two attached hydrogens (primary N) is 1. The molecule has 0 aliphatic carbocycles. The first-order valence-electron chi connectivity index (χ1n) is 6.37. The third-order valence-electron chi connectivity index (χ3n) is 3.03. The van der Waals surface area contributed by atoms with Crippen LogP contribution in [0.5, 0.6) is 5.75 Å². The summed E-state index contributed by atoms with van der Waals surface area (Å²) in [6, 6.07) is 8.60. The Morgan fingerprint density at radius 2 is 1.90 bits per heavy atom. The highest BCUT2D eigenvalue weighted by Gasteiger charge is 2.18. The number of rotatable bonds is 4. The first-order chi connectivity index (χ1) is 10.2. The van der Waals surface area contributed by atoms with Gasteiger partial charge < -0.3 is 15.0 Å². The standard InChI is InChI=1S/C15H12F2N2O2/c16-11-2-1-3-12(17)14(11)15-10-5-4-9(20-7-6-18)8-13(10)21-19-15/h1-5,8H,6-7,18H2. The lowest BCUT2D eigenvalue weighted by Gasteiger charge is -2.04. The van der Waals surface area contributed by atoms with Crippen LogP contribution in [0.25, 0.3) is 22.2 Å². The van der Waals surface area contributed by atoms with Crippen LogP contribution in [0.2, 0.25) is 0 Å². The maximum atomic E-state index is 13.8. The zero-order chi connectivity index (χ0) is 14.8. The zero-order valence-corrected chi connectivity index (χ0v) is 11.0. The quantitative estimate of drug-likeness (QED) is 0.802. The van der Waals surface area contributed by atoms with Crippen LogP contribution in [0.15, 0.2) is 40.9 Å². The van der Waals surface area contributed by atoms with Gasteiger partial charge in [-0.2, -0.15) is 0 Å². The largest absolute Gasteiger partial charge is 0.492 e. The van der Waals surface area contributed by atoms with Crippen molar-refractivity contribution in [2.24, 2.45) is 5.73 Å². The Morgan fingerprint density at radius 1 is 1.14 bits per heavy atom. The highest BCUT2D eigenvalue weighted by molar-refractivity contribution is 5.92. The Balaban J connectivity index is 2.09. The predicted octanol–water partition coefficient (Wildman–Crippen LogP) is 3.11. The number of aromatic nitrogens is 1. The number of fused-ring (bicyclic) bond motifs is 1. The van der Waals surface area contributed by atoms with E-state index in [1.165, 1.54) is 18.2 Å². The fraction of sp³-hybridized carbons (Fsp3) is 0.133. The number of nitrogens with zero attached hydrogens (tertiary/aromatic N) is 1. The highest BCUT2D eigenvalue weighted by Crippen LogP contribution is 2.33. The van der Waals surface area contributed by atoms with Gasteiger partial charge in [0.25, 0.3) is 0 Å². The summed E-state index contributed by atoms with van der Waals surface area (Å²) < 4.78 is 38.2. The Bertz CT molecular complexity index is 766. The van der Waals surface area contributed by atoms with Gasteiger partial charge in [-0.15, -0.1) is 0 Å².